The second-order valence-electron chi connectivity index (χ2n) is 3.64. The summed E-state index contributed by atoms with van der Waals surface area (Å²) in [5, 5.41) is -0.862. The molecule has 1 saturated heterocycles. The number of imide groups is 3. The van der Waals surface area contributed by atoms with Crippen molar-refractivity contribution < 1.29 is 36.8 Å². The molecule has 0 aromatic carbocycles. The van der Waals surface area contributed by atoms with Crippen LogP contribution in [0.2, 0.25) is 0 Å². The van der Waals surface area contributed by atoms with Crippen molar-refractivity contribution in [2.45, 2.75) is 11.7 Å². The molecule has 1 aromatic rings. The number of likely N-dealkylation sites (tertiary alicyclic amines) is 1. The molecular formula is C10H9AgN4O3S. The van der Waals surface area contributed by atoms with Gasteiger partial charge in [-0.15, -0.1) is 0 Å². The van der Waals surface area contributed by atoms with Gasteiger partial charge in [-0.25, -0.2) is 15.7 Å². The topological polar surface area (TPSA) is 105 Å². The Bertz CT molecular complexity index is 522. The summed E-state index contributed by atoms with van der Waals surface area (Å²) >= 11 is 4.78. The number of nitrogens with one attached hydrogen (secondary N) is 1. The second-order valence-corrected chi connectivity index (χ2v) is 4.21. The van der Waals surface area contributed by atoms with Crippen LogP contribution in [0.4, 0.5) is 5.82 Å². The van der Waals surface area contributed by atoms with E-state index in [4.69, 9.17) is 18.5 Å². The molecule has 1 aliphatic heterocycles. The molecule has 9 heteroatoms. The first-order chi connectivity index (χ1) is 8.54. The van der Waals surface area contributed by atoms with E-state index in [1.807, 2.05) is 0 Å². The molecule has 3 amide bonds. The minimum absolute atomic E-state index is 0. The van der Waals surface area contributed by atoms with Gasteiger partial charge >= 0.3 is 22.4 Å². The van der Waals surface area contributed by atoms with Gasteiger partial charge in [0, 0.05) is 12.6 Å². The third-order valence-corrected chi connectivity index (χ3v) is 2.83. The molecule has 3 N–H and O–H groups in total. The van der Waals surface area contributed by atoms with Gasteiger partial charge in [0.1, 0.15) is 5.82 Å². The molecule has 0 saturated carbocycles. The van der Waals surface area contributed by atoms with Crippen molar-refractivity contribution >= 4 is 36.2 Å². The summed E-state index contributed by atoms with van der Waals surface area (Å²) in [5.74, 6) is 3.55. The van der Waals surface area contributed by atoms with Crippen LogP contribution in [0.1, 0.15) is 16.8 Å². The number of amides is 3. The van der Waals surface area contributed by atoms with Gasteiger partial charge in [-0.05, 0) is 12.1 Å². The average molecular weight is 373 g/mol. The van der Waals surface area contributed by atoms with Gasteiger partial charge in [-0.1, -0.05) is 5.25 Å². The summed E-state index contributed by atoms with van der Waals surface area (Å²) in [7, 11) is 0. The van der Waals surface area contributed by atoms with E-state index in [-0.39, 0.29) is 34.4 Å². The number of pyridine rings is 1. The summed E-state index contributed by atoms with van der Waals surface area (Å²) in [4.78, 5) is 39.4. The van der Waals surface area contributed by atoms with Crippen LogP contribution >= 0.6 is 0 Å². The fraction of sp³-hybridized carbons (Fsp3) is 0.200. The van der Waals surface area contributed by atoms with E-state index in [9.17, 15) is 14.4 Å². The summed E-state index contributed by atoms with van der Waals surface area (Å²) in [6.45, 7) is 0. The van der Waals surface area contributed by atoms with E-state index in [0.717, 1.165) is 0 Å². The standard InChI is InChI=1S/C10H10N4O3S.Ag/c11-13-7-2-1-5(4-12-7)9(16)14-8(15)3-6(18)10(14)17;/h1-2,4,6,18H,3,11H2,(H,12,13);/q;+1/p-1. The van der Waals surface area contributed by atoms with Crippen molar-refractivity contribution in [1.82, 2.24) is 9.88 Å². The Morgan fingerprint density at radius 1 is 1.47 bits per heavy atom. The number of nitrogens with two attached hydrogens (primary N) is 1. The molecule has 1 aliphatic rings. The van der Waals surface area contributed by atoms with Crippen LogP contribution in [0.15, 0.2) is 18.3 Å². The number of aromatic nitrogens is 1. The number of carbonyl (C=O) groups excluding carboxylic acids is 3. The summed E-state index contributed by atoms with van der Waals surface area (Å²) in [5.41, 5.74) is 2.43. The van der Waals surface area contributed by atoms with Crippen molar-refractivity contribution in [3.8, 4) is 0 Å². The van der Waals surface area contributed by atoms with E-state index in [0.29, 0.717) is 10.7 Å². The Kier molecular flexibility index (Phi) is 5.27. The van der Waals surface area contributed by atoms with Crippen molar-refractivity contribution in [2.24, 2.45) is 5.84 Å². The van der Waals surface area contributed by atoms with Crippen molar-refractivity contribution in [3.63, 3.8) is 0 Å². The van der Waals surface area contributed by atoms with Gasteiger partial charge in [0.2, 0.25) is 11.8 Å². The molecule has 1 atom stereocenters. The molecule has 0 radical (unpaired) electrons. The van der Waals surface area contributed by atoms with Gasteiger partial charge in [0.05, 0.1) is 5.56 Å². The zero-order valence-corrected chi connectivity index (χ0v) is 11.7. The van der Waals surface area contributed by atoms with Crippen LogP contribution < -0.4 is 11.3 Å². The molecule has 0 bridgehead atoms. The first kappa shape index (κ1) is 15.9. The molecule has 1 unspecified atom stereocenters. The average Bonchev–Trinajstić information content (AvgIpc) is 2.63. The largest absolute Gasteiger partial charge is 1.00 e. The third kappa shape index (κ3) is 3.04. The van der Waals surface area contributed by atoms with Crippen molar-refractivity contribution in [2.75, 3.05) is 5.43 Å². The first-order valence-corrected chi connectivity index (χ1v) is 5.51. The first-order valence-electron chi connectivity index (χ1n) is 5.04. The van der Waals surface area contributed by atoms with Crippen LogP contribution in [0.5, 0.6) is 0 Å². The van der Waals surface area contributed by atoms with E-state index in [2.05, 4.69) is 10.4 Å². The SMILES string of the molecule is NNc1ccc(C(=O)N2C(=O)CC([S-])C2=O)cn1.[Ag+]. The Morgan fingerprint density at radius 2 is 2.16 bits per heavy atom. The Hall–Kier alpha value is -1.19. The molecular weight excluding hydrogens is 364 g/mol. The normalized spacial score (nSPS) is 18.2. The molecule has 2 rings (SSSR count). The predicted octanol–water partition coefficient (Wildman–Crippen LogP) is -0.821. The molecule has 104 valence electrons. The predicted molar refractivity (Wildman–Crippen MR) is 64.0 cm³/mol. The summed E-state index contributed by atoms with van der Waals surface area (Å²) in [6.07, 6.45) is 1.12. The van der Waals surface area contributed by atoms with Crippen LogP contribution in [0.3, 0.4) is 0 Å². The van der Waals surface area contributed by atoms with Gasteiger partial charge in [-0.3, -0.25) is 14.4 Å². The van der Waals surface area contributed by atoms with Crippen molar-refractivity contribution in [1.29, 1.82) is 0 Å². The monoisotopic (exact) mass is 372 g/mol. The molecule has 7 nitrogen and oxygen atoms in total. The second kappa shape index (κ2) is 6.31. The van der Waals surface area contributed by atoms with Gasteiger partial charge in [0.15, 0.2) is 0 Å². The smallest absolute Gasteiger partial charge is 0.779 e. The van der Waals surface area contributed by atoms with E-state index in [1.165, 1.54) is 18.3 Å². The molecule has 2 heterocycles. The number of nitrogen functional groups attached to an aromatic ring is 1. The zero-order chi connectivity index (χ0) is 13.3. The Morgan fingerprint density at radius 3 is 2.58 bits per heavy atom. The number of carbonyl (C=O) groups is 3. The quantitative estimate of drug-likeness (QED) is 0.229. The van der Waals surface area contributed by atoms with E-state index < -0.39 is 23.0 Å². The maximum absolute atomic E-state index is 12.0. The molecule has 19 heavy (non-hydrogen) atoms. The van der Waals surface area contributed by atoms with E-state index >= 15 is 0 Å². The molecule has 0 aliphatic carbocycles. The Labute approximate surface area is 129 Å². The van der Waals surface area contributed by atoms with Crippen LogP contribution in [0, 0.1) is 0 Å². The van der Waals surface area contributed by atoms with E-state index in [1.54, 1.807) is 0 Å². The van der Waals surface area contributed by atoms with Crippen molar-refractivity contribution in [3.05, 3.63) is 23.9 Å². The number of hydrogen-bond donors (Lipinski definition) is 2. The fourth-order valence-corrected chi connectivity index (χ4v) is 1.80. The van der Waals surface area contributed by atoms with Gasteiger partial charge < -0.3 is 18.1 Å². The molecule has 1 aromatic heterocycles. The summed E-state index contributed by atoms with van der Waals surface area (Å²) < 4.78 is 0. The van der Waals surface area contributed by atoms with Gasteiger partial charge in [-0.2, -0.15) is 0 Å². The minimum Gasteiger partial charge on any atom is -0.779 e. The number of hydrazine groups is 1. The third-order valence-electron chi connectivity index (χ3n) is 2.47. The fourth-order valence-electron chi connectivity index (χ4n) is 1.55. The van der Waals surface area contributed by atoms with Crippen LogP contribution in [-0.2, 0) is 44.6 Å². The number of anilines is 1. The minimum atomic E-state index is -0.862. The number of hydrogen-bond acceptors (Lipinski definition) is 7. The number of rotatable bonds is 2. The Balaban J connectivity index is 0.00000180. The maximum Gasteiger partial charge on any atom is 1.00 e. The molecule has 0 spiro atoms. The zero-order valence-electron chi connectivity index (χ0n) is 9.42. The maximum atomic E-state index is 12.0. The van der Waals surface area contributed by atoms with Crippen LogP contribution in [-0.4, -0.2) is 32.9 Å². The summed E-state index contributed by atoms with van der Waals surface area (Å²) in [6, 6.07) is 2.88. The molecule has 1 fully saturated rings. The van der Waals surface area contributed by atoms with Crippen LogP contribution in [0.25, 0.3) is 0 Å². The number of nitrogens with zero attached hydrogens (tertiary/aromatic N) is 2. The van der Waals surface area contributed by atoms with Gasteiger partial charge in [0.25, 0.3) is 5.91 Å².